The largest absolute Gasteiger partial charge is 0.327 e. The first-order valence-corrected chi connectivity index (χ1v) is 7.74. The van der Waals surface area contributed by atoms with Crippen molar-refractivity contribution in [2.75, 3.05) is 12.8 Å². The van der Waals surface area contributed by atoms with Gasteiger partial charge in [0.1, 0.15) is 5.04 Å². The van der Waals surface area contributed by atoms with Gasteiger partial charge < -0.3 is 4.90 Å². The zero-order chi connectivity index (χ0) is 11.7. The predicted octanol–water partition coefficient (Wildman–Crippen LogP) is 2.90. The summed E-state index contributed by atoms with van der Waals surface area (Å²) in [5, 5.41) is 1.07. The van der Waals surface area contributed by atoms with Gasteiger partial charge in [-0.2, -0.15) is 0 Å². The van der Waals surface area contributed by atoms with Crippen LogP contribution in [-0.4, -0.2) is 34.6 Å². The lowest BCUT2D eigenvalue weighted by molar-refractivity contribution is 0.298. The van der Waals surface area contributed by atoms with Crippen LogP contribution in [0.4, 0.5) is 0 Å². The first kappa shape index (κ1) is 11.3. The highest BCUT2D eigenvalue weighted by atomic mass is 32.2. The molecule has 1 saturated carbocycles. The molecule has 0 saturated heterocycles. The monoisotopic (exact) mass is 249 g/mol. The molecule has 0 aromatic carbocycles. The molecule has 2 aliphatic heterocycles. The molecule has 0 amide bonds. The summed E-state index contributed by atoms with van der Waals surface area (Å²) in [6.07, 6.45) is 13.0. The SMILES string of the molecule is CSC1=NC=CN2CC(C3CCCCC3)N=C12. The summed E-state index contributed by atoms with van der Waals surface area (Å²) in [5.74, 6) is 1.91. The van der Waals surface area contributed by atoms with E-state index in [0.717, 1.165) is 23.3 Å². The second kappa shape index (κ2) is 4.84. The Labute approximate surface area is 107 Å². The molecule has 17 heavy (non-hydrogen) atoms. The maximum atomic E-state index is 4.93. The standard InChI is InChI=1S/C13H19N3S/c1-17-13-12-15-11(9-16(12)8-7-14-13)10-5-3-2-4-6-10/h7-8,10-11H,2-6,9H2,1H3. The van der Waals surface area contributed by atoms with Crippen LogP contribution in [0.15, 0.2) is 22.4 Å². The summed E-state index contributed by atoms with van der Waals surface area (Å²) >= 11 is 1.70. The van der Waals surface area contributed by atoms with Crippen LogP contribution in [0.5, 0.6) is 0 Å². The lowest BCUT2D eigenvalue weighted by Gasteiger charge is -2.26. The molecule has 1 fully saturated rings. The Morgan fingerprint density at radius 2 is 2.12 bits per heavy atom. The Balaban J connectivity index is 1.76. The van der Waals surface area contributed by atoms with Crippen LogP contribution in [-0.2, 0) is 0 Å². The van der Waals surface area contributed by atoms with E-state index in [-0.39, 0.29) is 0 Å². The first-order chi connectivity index (χ1) is 8.38. The lowest BCUT2D eigenvalue weighted by atomic mass is 9.84. The molecule has 3 rings (SSSR count). The van der Waals surface area contributed by atoms with Gasteiger partial charge in [-0.25, -0.2) is 4.99 Å². The summed E-state index contributed by atoms with van der Waals surface area (Å²) in [7, 11) is 0. The van der Waals surface area contributed by atoms with Gasteiger partial charge >= 0.3 is 0 Å². The third kappa shape index (κ3) is 2.15. The average molecular weight is 249 g/mol. The molecule has 0 radical (unpaired) electrons. The fourth-order valence-electron chi connectivity index (χ4n) is 3.03. The molecular formula is C13H19N3S. The lowest BCUT2D eigenvalue weighted by Crippen LogP contribution is -2.32. The highest BCUT2D eigenvalue weighted by Gasteiger charge is 2.33. The maximum Gasteiger partial charge on any atom is 0.161 e. The van der Waals surface area contributed by atoms with Crippen molar-refractivity contribution in [1.29, 1.82) is 0 Å². The van der Waals surface area contributed by atoms with Crippen LogP contribution in [0.1, 0.15) is 32.1 Å². The van der Waals surface area contributed by atoms with E-state index in [1.165, 1.54) is 32.1 Å². The van der Waals surface area contributed by atoms with Gasteiger partial charge in [-0.3, -0.25) is 4.99 Å². The van der Waals surface area contributed by atoms with E-state index in [1.807, 2.05) is 6.20 Å². The number of amidine groups is 1. The second-order valence-electron chi connectivity index (χ2n) is 5.01. The molecule has 0 aromatic heterocycles. The van der Waals surface area contributed by atoms with E-state index in [9.17, 15) is 0 Å². The van der Waals surface area contributed by atoms with Gasteiger partial charge in [-0.05, 0) is 25.0 Å². The molecule has 2 heterocycles. The summed E-state index contributed by atoms with van der Waals surface area (Å²) in [5.41, 5.74) is 0. The third-order valence-corrected chi connectivity index (χ3v) is 4.64. The van der Waals surface area contributed by atoms with Crippen molar-refractivity contribution in [2.24, 2.45) is 15.9 Å². The molecule has 4 heteroatoms. The van der Waals surface area contributed by atoms with Crippen LogP contribution in [0.3, 0.4) is 0 Å². The van der Waals surface area contributed by atoms with Crippen LogP contribution in [0.25, 0.3) is 0 Å². The van der Waals surface area contributed by atoms with Gasteiger partial charge in [0.05, 0.1) is 6.04 Å². The van der Waals surface area contributed by atoms with E-state index in [4.69, 9.17) is 4.99 Å². The molecule has 3 nitrogen and oxygen atoms in total. The maximum absolute atomic E-state index is 4.93. The molecule has 0 spiro atoms. The van der Waals surface area contributed by atoms with Gasteiger partial charge in [0.15, 0.2) is 5.84 Å². The molecule has 0 aromatic rings. The minimum absolute atomic E-state index is 0.505. The van der Waals surface area contributed by atoms with E-state index >= 15 is 0 Å². The molecule has 0 N–H and O–H groups in total. The zero-order valence-corrected chi connectivity index (χ0v) is 11.1. The quantitative estimate of drug-likeness (QED) is 0.714. The third-order valence-electron chi connectivity index (χ3n) is 3.96. The van der Waals surface area contributed by atoms with E-state index in [0.29, 0.717) is 6.04 Å². The smallest absolute Gasteiger partial charge is 0.161 e. The molecule has 0 bridgehead atoms. The number of thioether (sulfide) groups is 1. The second-order valence-corrected chi connectivity index (χ2v) is 5.80. The summed E-state index contributed by atoms with van der Waals surface area (Å²) in [6, 6.07) is 0.505. The number of hydrogen-bond acceptors (Lipinski definition) is 4. The molecule has 1 aliphatic carbocycles. The van der Waals surface area contributed by atoms with E-state index in [1.54, 1.807) is 11.8 Å². The fraction of sp³-hybridized carbons (Fsp3) is 0.692. The minimum Gasteiger partial charge on any atom is -0.327 e. The Hall–Kier alpha value is -0.770. The summed E-state index contributed by atoms with van der Waals surface area (Å²) in [4.78, 5) is 11.6. The molecule has 92 valence electrons. The highest BCUT2D eigenvalue weighted by molar-refractivity contribution is 8.15. The number of rotatable bonds is 1. The van der Waals surface area contributed by atoms with Gasteiger partial charge in [0.25, 0.3) is 0 Å². The summed E-state index contributed by atoms with van der Waals surface area (Å²) < 4.78 is 0. The van der Waals surface area contributed by atoms with Crippen molar-refractivity contribution in [3.8, 4) is 0 Å². The number of aliphatic imine (C=N–C) groups is 2. The predicted molar refractivity (Wildman–Crippen MR) is 74.6 cm³/mol. The van der Waals surface area contributed by atoms with Gasteiger partial charge in [0, 0.05) is 18.9 Å². The van der Waals surface area contributed by atoms with Crippen LogP contribution in [0.2, 0.25) is 0 Å². The highest BCUT2D eigenvalue weighted by Crippen LogP contribution is 2.32. The van der Waals surface area contributed by atoms with E-state index in [2.05, 4.69) is 22.3 Å². The summed E-state index contributed by atoms with van der Waals surface area (Å²) in [6.45, 7) is 1.07. The topological polar surface area (TPSA) is 28.0 Å². The van der Waals surface area contributed by atoms with Crippen molar-refractivity contribution in [1.82, 2.24) is 4.90 Å². The zero-order valence-electron chi connectivity index (χ0n) is 10.3. The van der Waals surface area contributed by atoms with Crippen LogP contribution < -0.4 is 0 Å². The number of nitrogens with zero attached hydrogens (tertiary/aromatic N) is 3. The van der Waals surface area contributed by atoms with Crippen molar-refractivity contribution in [3.63, 3.8) is 0 Å². The van der Waals surface area contributed by atoms with E-state index < -0.39 is 0 Å². The minimum atomic E-state index is 0.505. The fourth-order valence-corrected chi connectivity index (χ4v) is 3.55. The Morgan fingerprint density at radius 1 is 1.29 bits per heavy atom. The van der Waals surface area contributed by atoms with Crippen LogP contribution >= 0.6 is 11.8 Å². The molecule has 3 aliphatic rings. The normalized spacial score (nSPS) is 29.0. The first-order valence-electron chi connectivity index (χ1n) is 6.52. The number of fused-ring (bicyclic) bond motifs is 1. The number of hydrogen-bond donors (Lipinski definition) is 0. The van der Waals surface area contributed by atoms with Crippen molar-refractivity contribution in [2.45, 2.75) is 38.1 Å². The molecular weight excluding hydrogens is 230 g/mol. The Morgan fingerprint density at radius 3 is 2.88 bits per heavy atom. The van der Waals surface area contributed by atoms with Crippen molar-refractivity contribution in [3.05, 3.63) is 12.4 Å². The van der Waals surface area contributed by atoms with Gasteiger partial charge in [-0.1, -0.05) is 19.3 Å². The van der Waals surface area contributed by atoms with Gasteiger partial charge in [-0.15, -0.1) is 11.8 Å². The van der Waals surface area contributed by atoms with Crippen molar-refractivity contribution >= 4 is 22.6 Å². The van der Waals surface area contributed by atoms with Crippen LogP contribution in [0, 0.1) is 5.92 Å². The molecule has 1 atom stereocenters. The average Bonchev–Trinajstić information content (AvgIpc) is 2.83. The Bertz CT molecular complexity index is 380. The van der Waals surface area contributed by atoms with Crippen molar-refractivity contribution < 1.29 is 0 Å². The van der Waals surface area contributed by atoms with Gasteiger partial charge in [0.2, 0.25) is 0 Å². The Kier molecular flexibility index (Phi) is 3.23. The molecule has 1 unspecified atom stereocenters.